The van der Waals surface area contributed by atoms with E-state index in [2.05, 4.69) is 31.9 Å². The molecular formula is C34H58N8O14S. The van der Waals surface area contributed by atoms with Gasteiger partial charge in [0.05, 0.1) is 12.5 Å². The maximum atomic E-state index is 13.6. The molecule has 6 amide bonds. The van der Waals surface area contributed by atoms with Crippen LogP contribution in [0.2, 0.25) is 0 Å². The van der Waals surface area contributed by atoms with Gasteiger partial charge in [0.15, 0.2) is 0 Å². The zero-order chi connectivity index (χ0) is 43.8. The van der Waals surface area contributed by atoms with Crippen molar-refractivity contribution in [2.45, 2.75) is 127 Å². The van der Waals surface area contributed by atoms with Crippen molar-refractivity contribution in [2.24, 2.45) is 17.4 Å². The van der Waals surface area contributed by atoms with E-state index >= 15 is 0 Å². The molecule has 22 nitrogen and oxygen atoms in total. The molecule has 14 N–H and O–H groups in total. The predicted molar refractivity (Wildman–Crippen MR) is 204 cm³/mol. The largest absolute Gasteiger partial charge is 0.481 e. The summed E-state index contributed by atoms with van der Waals surface area (Å²) in [7, 11) is 0. The summed E-state index contributed by atoms with van der Waals surface area (Å²) in [6.45, 7) is 4.77. The Morgan fingerprint density at radius 1 is 0.579 bits per heavy atom. The number of thioether (sulfide) groups is 1. The van der Waals surface area contributed by atoms with Crippen molar-refractivity contribution in [3.63, 3.8) is 0 Å². The Kier molecular flexibility index (Phi) is 25.1. The number of hydrogen-bond acceptors (Lipinski definition) is 13. The van der Waals surface area contributed by atoms with Gasteiger partial charge in [0.2, 0.25) is 35.4 Å². The summed E-state index contributed by atoms with van der Waals surface area (Å²) in [4.78, 5) is 125. The Bertz CT molecular complexity index is 1420. The minimum absolute atomic E-state index is 0.00758. The van der Waals surface area contributed by atoms with Gasteiger partial charge in [-0.2, -0.15) is 11.8 Å². The number of rotatable bonds is 30. The quantitative estimate of drug-likeness (QED) is 0.0332. The SMILES string of the molecule is CC[C@H](C)[C@H](NC(=O)[C@H](CCC(=O)O)NC(=O)[C@H](C)NC(=O)[C@H](CCSC)NC(=O)[C@@H](N)CC(=O)O)C(=O)N[C@@H](CCC(=O)O)C(=O)N[C@@H](CCCCN)C(=O)O. The van der Waals surface area contributed by atoms with Crippen LogP contribution in [-0.4, -0.2) is 141 Å². The van der Waals surface area contributed by atoms with E-state index in [4.69, 9.17) is 16.6 Å². The van der Waals surface area contributed by atoms with Crippen LogP contribution in [0, 0.1) is 5.92 Å². The number of carboxylic acids is 4. The minimum atomic E-state index is -1.58. The lowest BCUT2D eigenvalue weighted by atomic mass is 9.96. The van der Waals surface area contributed by atoms with Crippen molar-refractivity contribution in [1.82, 2.24) is 31.9 Å². The second-order valence-corrected chi connectivity index (χ2v) is 14.3. The molecule has 0 fully saturated rings. The molecule has 0 spiro atoms. The Morgan fingerprint density at radius 2 is 1.05 bits per heavy atom. The number of aliphatic carboxylic acids is 4. The first kappa shape index (κ1) is 52.0. The maximum absolute atomic E-state index is 13.6. The van der Waals surface area contributed by atoms with E-state index in [1.165, 1.54) is 18.7 Å². The summed E-state index contributed by atoms with van der Waals surface area (Å²) in [6.07, 6.45) is 0.0909. The predicted octanol–water partition coefficient (Wildman–Crippen LogP) is -2.54. The minimum Gasteiger partial charge on any atom is -0.481 e. The van der Waals surface area contributed by atoms with Crippen LogP contribution >= 0.6 is 11.8 Å². The molecule has 324 valence electrons. The average Bonchev–Trinajstić information content (AvgIpc) is 3.13. The zero-order valence-electron chi connectivity index (χ0n) is 32.5. The Hall–Kier alpha value is -5.03. The monoisotopic (exact) mass is 834 g/mol. The maximum Gasteiger partial charge on any atom is 0.326 e. The number of unbranched alkanes of at least 4 members (excludes halogenated alkanes) is 1. The molecule has 0 radical (unpaired) electrons. The lowest BCUT2D eigenvalue weighted by Gasteiger charge is -2.29. The van der Waals surface area contributed by atoms with Crippen molar-refractivity contribution >= 4 is 71.1 Å². The van der Waals surface area contributed by atoms with Crippen molar-refractivity contribution < 1.29 is 68.4 Å². The molecular weight excluding hydrogens is 776 g/mol. The summed E-state index contributed by atoms with van der Waals surface area (Å²) >= 11 is 1.34. The first-order valence-corrected chi connectivity index (χ1v) is 19.7. The number of carbonyl (C=O) groups is 10. The molecule has 0 aromatic rings. The highest BCUT2D eigenvalue weighted by atomic mass is 32.2. The summed E-state index contributed by atoms with van der Waals surface area (Å²) in [5, 5.41) is 51.4. The average molecular weight is 835 g/mol. The standard InChI is InChI=1S/C34H58N8O14S/c1-5-17(2)27(33(54)40-20(9-11-24(43)44)31(52)41-23(34(55)56)8-6-7-14-35)42-32(53)21(10-12-25(45)46)38-28(49)18(3)37-30(51)22(13-15-57-4)39-29(50)19(36)16-26(47)48/h17-23,27H,5-16,35-36H2,1-4H3,(H,37,51)(H,38,49)(H,39,50)(H,40,54)(H,41,52)(H,42,53)(H,43,44)(H,45,46)(H,47,48)(H,55,56)/t17-,18-,19-,20-,21-,22-,23-,27-/m0/s1. The molecule has 0 saturated carbocycles. The first-order chi connectivity index (χ1) is 26.7. The van der Waals surface area contributed by atoms with Crippen molar-refractivity contribution in [2.75, 3.05) is 18.6 Å². The third-order valence-electron chi connectivity index (χ3n) is 8.64. The van der Waals surface area contributed by atoms with Gasteiger partial charge in [0, 0.05) is 12.8 Å². The van der Waals surface area contributed by atoms with E-state index in [0.717, 1.165) is 0 Å². The van der Waals surface area contributed by atoms with E-state index in [-0.39, 0.29) is 25.8 Å². The van der Waals surface area contributed by atoms with Crippen LogP contribution in [-0.2, 0) is 47.9 Å². The molecule has 0 aromatic carbocycles. The summed E-state index contributed by atoms with van der Waals surface area (Å²) in [5.41, 5.74) is 11.1. The fourth-order valence-corrected chi connectivity index (χ4v) is 5.52. The fraction of sp³-hybridized carbons (Fsp3) is 0.706. The van der Waals surface area contributed by atoms with E-state index in [0.29, 0.717) is 18.6 Å². The molecule has 0 unspecified atom stereocenters. The zero-order valence-corrected chi connectivity index (χ0v) is 33.4. The second-order valence-electron chi connectivity index (χ2n) is 13.3. The molecule has 57 heavy (non-hydrogen) atoms. The summed E-state index contributed by atoms with van der Waals surface area (Å²) in [5.74, 6) is -11.3. The van der Waals surface area contributed by atoms with Crippen molar-refractivity contribution in [3.05, 3.63) is 0 Å². The van der Waals surface area contributed by atoms with Gasteiger partial charge in [-0.25, -0.2) is 4.79 Å². The van der Waals surface area contributed by atoms with Gasteiger partial charge in [0.1, 0.15) is 36.3 Å². The molecule has 0 saturated heterocycles. The van der Waals surface area contributed by atoms with Gasteiger partial charge in [-0.3, -0.25) is 43.2 Å². The smallest absolute Gasteiger partial charge is 0.326 e. The van der Waals surface area contributed by atoms with Crippen molar-refractivity contribution in [3.8, 4) is 0 Å². The first-order valence-electron chi connectivity index (χ1n) is 18.3. The lowest BCUT2D eigenvalue weighted by molar-refractivity contribution is -0.143. The number of carbonyl (C=O) groups excluding carboxylic acids is 6. The highest BCUT2D eigenvalue weighted by Crippen LogP contribution is 2.12. The van der Waals surface area contributed by atoms with E-state index in [9.17, 15) is 63.3 Å². The fourth-order valence-electron chi connectivity index (χ4n) is 5.05. The number of hydrogen-bond donors (Lipinski definition) is 12. The van der Waals surface area contributed by atoms with Crippen LogP contribution in [0.15, 0.2) is 0 Å². The molecule has 23 heteroatoms. The van der Waals surface area contributed by atoms with Gasteiger partial charge < -0.3 is 63.8 Å². The summed E-state index contributed by atoms with van der Waals surface area (Å²) in [6, 6.07) is -9.97. The van der Waals surface area contributed by atoms with Gasteiger partial charge in [0.25, 0.3) is 0 Å². The van der Waals surface area contributed by atoms with E-state index < -0.39 is 140 Å². The number of carboxylic acid groups (broad SMARTS) is 4. The highest BCUT2D eigenvalue weighted by molar-refractivity contribution is 7.98. The second kappa shape index (κ2) is 27.5. The van der Waals surface area contributed by atoms with Gasteiger partial charge in [-0.05, 0) is 69.9 Å². The molecule has 0 rings (SSSR count). The third-order valence-corrected chi connectivity index (χ3v) is 9.29. The molecule has 0 bridgehead atoms. The molecule has 0 heterocycles. The summed E-state index contributed by atoms with van der Waals surface area (Å²) < 4.78 is 0. The third kappa shape index (κ3) is 21.2. The lowest BCUT2D eigenvalue weighted by Crippen LogP contribution is -2.60. The van der Waals surface area contributed by atoms with Crippen LogP contribution in [0.3, 0.4) is 0 Å². The van der Waals surface area contributed by atoms with Crippen LogP contribution in [0.25, 0.3) is 0 Å². The van der Waals surface area contributed by atoms with Gasteiger partial charge in [-0.15, -0.1) is 0 Å². The highest BCUT2D eigenvalue weighted by Gasteiger charge is 2.35. The topological polar surface area (TPSA) is 376 Å². The number of nitrogens with two attached hydrogens (primary N) is 2. The number of nitrogens with one attached hydrogen (secondary N) is 6. The Balaban J connectivity index is 6.17. The van der Waals surface area contributed by atoms with E-state index in [1.807, 2.05) is 0 Å². The molecule has 0 aromatic heterocycles. The Morgan fingerprint density at radius 3 is 1.53 bits per heavy atom. The Labute approximate surface area is 334 Å². The normalized spacial score (nSPS) is 15.1. The van der Waals surface area contributed by atoms with Crippen LogP contribution in [0.4, 0.5) is 0 Å². The van der Waals surface area contributed by atoms with Crippen LogP contribution in [0.1, 0.15) is 85.0 Å². The molecule has 8 atom stereocenters. The van der Waals surface area contributed by atoms with Gasteiger partial charge >= 0.3 is 23.9 Å². The van der Waals surface area contributed by atoms with Crippen LogP contribution < -0.4 is 43.4 Å². The van der Waals surface area contributed by atoms with Crippen LogP contribution in [0.5, 0.6) is 0 Å². The molecule has 0 aliphatic carbocycles. The number of amides is 6. The van der Waals surface area contributed by atoms with E-state index in [1.54, 1.807) is 20.1 Å². The van der Waals surface area contributed by atoms with Gasteiger partial charge in [-0.1, -0.05) is 20.3 Å². The molecule has 0 aliphatic rings. The van der Waals surface area contributed by atoms with Crippen molar-refractivity contribution in [1.29, 1.82) is 0 Å². The molecule has 0 aliphatic heterocycles.